The van der Waals surface area contributed by atoms with E-state index in [1.54, 1.807) is 37.3 Å². The van der Waals surface area contributed by atoms with Crippen LogP contribution in [0.25, 0.3) is 0 Å². The highest BCUT2D eigenvalue weighted by Gasteiger charge is 2.11. The van der Waals surface area contributed by atoms with E-state index < -0.39 is 17.5 Å². The minimum Gasteiger partial charge on any atom is -0.484 e. The molecule has 3 aromatic rings. The summed E-state index contributed by atoms with van der Waals surface area (Å²) in [5, 5.41) is 2.44. The summed E-state index contributed by atoms with van der Waals surface area (Å²) in [5.41, 5.74) is 1.61. The van der Waals surface area contributed by atoms with Gasteiger partial charge in [0, 0.05) is 11.1 Å². The first-order valence-corrected chi connectivity index (χ1v) is 8.51. The molecule has 0 aliphatic heterocycles. The van der Waals surface area contributed by atoms with Crippen molar-refractivity contribution in [3.8, 4) is 5.75 Å². The predicted octanol–water partition coefficient (Wildman–Crippen LogP) is 4.52. The zero-order valence-electron chi connectivity index (χ0n) is 15.0. The molecule has 0 aromatic heterocycles. The zero-order chi connectivity index (χ0) is 20.1. The molecule has 0 atom stereocenters. The second kappa shape index (κ2) is 8.43. The second-order valence-electron chi connectivity index (χ2n) is 6.18. The molecule has 1 N–H and O–H groups in total. The lowest BCUT2D eigenvalue weighted by molar-refractivity contribution is -0.118. The Balaban J connectivity index is 1.57. The molecule has 0 fully saturated rings. The lowest BCUT2D eigenvalue weighted by Gasteiger charge is -2.09. The predicted molar refractivity (Wildman–Crippen MR) is 102 cm³/mol. The maximum absolute atomic E-state index is 13.7. The number of anilines is 1. The molecule has 0 saturated heterocycles. The highest BCUT2D eigenvalue weighted by Crippen LogP contribution is 2.17. The quantitative estimate of drug-likeness (QED) is 0.639. The van der Waals surface area contributed by atoms with E-state index in [0.29, 0.717) is 16.9 Å². The summed E-state index contributed by atoms with van der Waals surface area (Å²) in [5.74, 6) is -1.30. The van der Waals surface area contributed by atoms with Gasteiger partial charge >= 0.3 is 0 Å². The van der Waals surface area contributed by atoms with E-state index >= 15 is 0 Å². The Morgan fingerprint density at radius 1 is 0.893 bits per heavy atom. The first-order valence-electron chi connectivity index (χ1n) is 8.51. The van der Waals surface area contributed by atoms with Crippen LogP contribution in [0.2, 0.25) is 0 Å². The first-order chi connectivity index (χ1) is 13.4. The highest BCUT2D eigenvalue weighted by molar-refractivity contribution is 6.09. The normalized spacial score (nSPS) is 10.4. The standard InChI is InChI=1S/C22H17F2NO3/c1-14-2-11-20(19(24)12-14)25-21(26)13-28-18-9-5-16(6-10-18)22(27)15-3-7-17(23)8-4-15/h2-12H,13H2,1H3,(H,25,26). The lowest BCUT2D eigenvalue weighted by atomic mass is 10.0. The Morgan fingerprint density at radius 3 is 2.11 bits per heavy atom. The molecule has 142 valence electrons. The summed E-state index contributed by atoms with van der Waals surface area (Å²) >= 11 is 0. The van der Waals surface area contributed by atoms with E-state index in [1.807, 2.05) is 0 Å². The third kappa shape index (κ3) is 4.79. The summed E-state index contributed by atoms with van der Waals surface area (Å²) < 4.78 is 32.1. The summed E-state index contributed by atoms with van der Waals surface area (Å²) in [6, 6.07) is 16.0. The number of benzene rings is 3. The topological polar surface area (TPSA) is 55.4 Å². The number of ether oxygens (including phenoxy) is 1. The summed E-state index contributed by atoms with van der Waals surface area (Å²) in [6.45, 7) is 1.45. The molecule has 0 bridgehead atoms. The van der Waals surface area contributed by atoms with Crippen molar-refractivity contribution in [1.82, 2.24) is 0 Å². The lowest BCUT2D eigenvalue weighted by Crippen LogP contribution is -2.20. The first kappa shape index (κ1) is 19.2. The van der Waals surface area contributed by atoms with Crippen LogP contribution in [0, 0.1) is 18.6 Å². The van der Waals surface area contributed by atoms with Gasteiger partial charge in [-0.2, -0.15) is 0 Å². The van der Waals surface area contributed by atoms with Crippen molar-refractivity contribution in [2.24, 2.45) is 0 Å². The molecule has 0 heterocycles. The Labute approximate surface area is 160 Å². The fraction of sp³-hybridized carbons (Fsp3) is 0.0909. The zero-order valence-corrected chi connectivity index (χ0v) is 15.0. The maximum atomic E-state index is 13.7. The third-order valence-electron chi connectivity index (χ3n) is 3.99. The van der Waals surface area contributed by atoms with Crippen molar-refractivity contribution in [2.45, 2.75) is 6.92 Å². The van der Waals surface area contributed by atoms with Crippen LogP contribution >= 0.6 is 0 Å². The van der Waals surface area contributed by atoms with E-state index in [2.05, 4.69) is 5.32 Å². The number of aryl methyl sites for hydroxylation is 1. The van der Waals surface area contributed by atoms with E-state index in [4.69, 9.17) is 4.74 Å². The van der Waals surface area contributed by atoms with Gasteiger partial charge in [0.15, 0.2) is 12.4 Å². The largest absolute Gasteiger partial charge is 0.484 e. The number of rotatable bonds is 6. The van der Waals surface area contributed by atoms with Gasteiger partial charge in [0.25, 0.3) is 5.91 Å². The van der Waals surface area contributed by atoms with Gasteiger partial charge in [-0.3, -0.25) is 9.59 Å². The van der Waals surface area contributed by atoms with Gasteiger partial charge in [-0.05, 0) is 73.2 Å². The second-order valence-corrected chi connectivity index (χ2v) is 6.18. The van der Waals surface area contributed by atoms with E-state index in [0.717, 1.165) is 5.56 Å². The average molecular weight is 381 g/mol. The highest BCUT2D eigenvalue weighted by atomic mass is 19.1. The molecule has 6 heteroatoms. The van der Waals surface area contributed by atoms with Crippen LogP contribution < -0.4 is 10.1 Å². The van der Waals surface area contributed by atoms with Crippen LogP contribution in [-0.2, 0) is 4.79 Å². The van der Waals surface area contributed by atoms with Gasteiger partial charge in [-0.1, -0.05) is 6.07 Å². The van der Waals surface area contributed by atoms with E-state index in [1.165, 1.54) is 36.4 Å². The molecule has 4 nitrogen and oxygen atoms in total. The molecule has 0 unspecified atom stereocenters. The van der Waals surface area contributed by atoms with Crippen LogP contribution in [0.3, 0.4) is 0 Å². The van der Waals surface area contributed by atoms with Crippen molar-refractivity contribution in [3.63, 3.8) is 0 Å². The van der Waals surface area contributed by atoms with E-state index in [9.17, 15) is 18.4 Å². The number of carbonyl (C=O) groups is 2. The molecular weight excluding hydrogens is 364 g/mol. The Bertz CT molecular complexity index is 999. The fourth-order valence-corrected chi connectivity index (χ4v) is 2.53. The van der Waals surface area contributed by atoms with Crippen LogP contribution in [0.1, 0.15) is 21.5 Å². The van der Waals surface area contributed by atoms with Crippen LogP contribution in [0.4, 0.5) is 14.5 Å². The molecule has 3 rings (SSSR count). The molecule has 0 aliphatic carbocycles. The summed E-state index contributed by atoms with van der Waals surface area (Å²) in [7, 11) is 0. The minimum absolute atomic E-state index is 0.0828. The van der Waals surface area contributed by atoms with Gasteiger partial charge in [-0.25, -0.2) is 8.78 Å². The SMILES string of the molecule is Cc1ccc(NC(=O)COc2ccc(C(=O)c3ccc(F)cc3)cc2)c(F)c1. The average Bonchev–Trinajstić information content (AvgIpc) is 2.69. The van der Waals surface area contributed by atoms with Gasteiger partial charge < -0.3 is 10.1 Å². The molecule has 28 heavy (non-hydrogen) atoms. The van der Waals surface area contributed by atoms with Gasteiger partial charge in [0.1, 0.15) is 17.4 Å². The van der Waals surface area contributed by atoms with Crippen LogP contribution in [0.5, 0.6) is 5.75 Å². The molecule has 3 aromatic carbocycles. The van der Waals surface area contributed by atoms with E-state index in [-0.39, 0.29) is 18.1 Å². The Kier molecular flexibility index (Phi) is 5.79. The van der Waals surface area contributed by atoms with Crippen molar-refractivity contribution in [3.05, 3.63) is 95.1 Å². The number of nitrogens with one attached hydrogen (secondary N) is 1. The minimum atomic E-state index is -0.517. The summed E-state index contributed by atoms with van der Waals surface area (Å²) in [6.07, 6.45) is 0. The van der Waals surface area contributed by atoms with Crippen LogP contribution in [-0.4, -0.2) is 18.3 Å². The van der Waals surface area contributed by atoms with Crippen LogP contribution in [0.15, 0.2) is 66.7 Å². The smallest absolute Gasteiger partial charge is 0.262 e. The molecule has 0 aliphatic rings. The molecule has 0 radical (unpaired) electrons. The van der Waals surface area contributed by atoms with Crippen molar-refractivity contribution >= 4 is 17.4 Å². The number of hydrogen-bond acceptors (Lipinski definition) is 3. The Morgan fingerprint density at radius 2 is 1.50 bits per heavy atom. The van der Waals surface area contributed by atoms with Gasteiger partial charge in [0.2, 0.25) is 0 Å². The third-order valence-corrected chi connectivity index (χ3v) is 3.99. The molecule has 0 spiro atoms. The van der Waals surface area contributed by atoms with Crippen molar-refractivity contribution in [1.29, 1.82) is 0 Å². The van der Waals surface area contributed by atoms with Gasteiger partial charge in [-0.15, -0.1) is 0 Å². The summed E-state index contributed by atoms with van der Waals surface area (Å²) in [4.78, 5) is 24.3. The monoisotopic (exact) mass is 381 g/mol. The van der Waals surface area contributed by atoms with Crippen molar-refractivity contribution < 1.29 is 23.1 Å². The fourth-order valence-electron chi connectivity index (χ4n) is 2.53. The number of carbonyl (C=O) groups excluding carboxylic acids is 2. The number of amides is 1. The number of ketones is 1. The number of halogens is 2. The molecular formula is C22H17F2NO3. The molecule has 0 saturated carbocycles. The van der Waals surface area contributed by atoms with Crippen molar-refractivity contribution in [2.75, 3.05) is 11.9 Å². The maximum Gasteiger partial charge on any atom is 0.262 e. The molecule has 1 amide bonds. The Hall–Kier alpha value is -3.54. The number of hydrogen-bond donors (Lipinski definition) is 1. The van der Waals surface area contributed by atoms with Gasteiger partial charge in [0.05, 0.1) is 5.69 Å².